The van der Waals surface area contributed by atoms with Crippen LogP contribution in [0, 0.1) is 0 Å². The lowest BCUT2D eigenvalue weighted by atomic mass is 9.82. The van der Waals surface area contributed by atoms with Crippen molar-refractivity contribution in [2.24, 2.45) is 0 Å². The van der Waals surface area contributed by atoms with E-state index in [4.69, 9.17) is 24.9 Å². The number of nitrogens with zero attached hydrogens (tertiary/aromatic N) is 5. The molecule has 0 atom stereocenters. The summed E-state index contributed by atoms with van der Waals surface area (Å²) in [5.41, 5.74) is 17.1. The molecule has 0 spiro atoms. The normalized spacial score (nSPS) is 12.4. The minimum Gasteiger partial charge on any atom is -0.228 e. The van der Waals surface area contributed by atoms with Crippen LogP contribution in [-0.2, 0) is 5.41 Å². The second-order valence-electron chi connectivity index (χ2n) is 16.5. The monoisotopic (exact) mass is 807 g/mol. The fraction of sp³-hybridized carbons (Fsp3) is 0.0517. The molecule has 10 aromatic rings. The van der Waals surface area contributed by atoms with E-state index in [2.05, 4.69) is 141 Å². The molecule has 0 amide bonds. The molecular formula is C58H41N5. The lowest BCUT2D eigenvalue weighted by Gasteiger charge is -2.22. The van der Waals surface area contributed by atoms with Crippen LogP contribution in [0.3, 0.4) is 0 Å². The maximum absolute atomic E-state index is 5.27. The molecule has 63 heavy (non-hydrogen) atoms. The maximum Gasteiger partial charge on any atom is 0.164 e. The summed E-state index contributed by atoms with van der Waals surface area (Å²) in [7, 11) is 0. The highest BCUT2D eigenvalue weighted by Gasteiger charge is 2.37. The van der Waals surface area contributed by atoms with E-state index < -0.39 is 0 Å². The van der Waals surface area contributed by atoms with E-state index in [1.165, 1.54) is 22.3 Å². The van der Waals surface area contributed by atoms with Crippen molar-refractivity contribution in [2.75, 3.05) is 0 Å². The highest BCUT2D eigenvalue weighted by Crippen LogP contribution is 2.53. The van der Waals surface area contributed by atoms with Gasteiger partial charge in [-0.15, -0.1) is 0 Å². The highest BCUT2D eigenvalue weighted by molar-refractivity contribution is 5.94. The van der Waals surface area contributed by atoms with E-state index >= 15 is 0 Å². The Balaban J connectivity index is 0.992. The quantitative estimate of drug-likeness (QED) is 0.153. The number of hydrogen-bond acceptors (Lipinski definition) is 5. The van der Waals surface area contributed by atoms with Gasteiger partial charge in [0.05, 0.1) is 11.4 Å². The third-order valence-electron chi connectivity index (χ3n) is 12.2. The van der Waals surface area contributed by atoms with Gasteiger partial charge in [0.25, 0.3) is 0 Å². The Bertz CT molecular complexity index is 3180. The summed E-state index contributed by atoms with van der Waals surface area (Å²) in [4.78, 5) is 25.3. The molecule has 11 rings (SSSR count). The molecule has 0 bridgehead atoms. The van der Waals surface area contributed by atoms with E-state index in [0.29, 0.717) is 23.3 Å². The zero-order chi connectivity index (χ0) is 42.3. The van der Waals surface area contributed by atoms with Crippen LogP contribution >= 0.6 is 0 Å². The largest absolute Gasteiger partial charge is 0.228 e. The fourth-order valence-corrected chi connectivity index (χ4v) is 8.91. The summed E-state index contributed by atoms with van der Waals surface area (Å²) in [5, 5.41) is 0. The van der Waals surface area contributed by atoms with Gasteiger partial charge in [-0.3, -0.25) is 0 Å². The zero-order valence-electron chi connectivity index (χ0n) is 34.9. The van der Waals surface area contributed by atoms with Crippen molar-refractivity contribution in [1.82, 2.24) is 24.9 Å². The van der Waals surface area contributed by atoms with Gasteiger partial charge in [-0.25, -0.2) is 24.9 Å². The van der Waals surface area contributed by atoms with Crippen molar-refractivity contribution in [3.8, 4) is 101 Å². The van der Waals surface area contributed by atoms with Crippen LogP contribution in [0.4, 0.5) is 0 Å². The Kier molecular flexibility index (Phi) is 9.43. The van der Waals surface area contributed by atoms with E-state index in [1.807, 2.05) is 84.9 Å². The van der Waals surface area contributed by atoms with Crippen LogP contribution in [0.2, 0.25) is 0 Å². The smallest absolute Gasteiger partial charge is 0.164 e. The first-order valence-electron chi connectivity index (χ1n) is 21.3. The number of aromatic nitrogens is 5. The van der Waals surface area contributed by atoms with Gasteiger partial charge in [0.1, 0.15) is 0 Å². The maximum atomic E-state index is 5.27. The molecule has 0 radical (unpaired) electrons. The van der Waals surface area contributed by atoms with Crippen molar-refractivity contribution in [3.05, 3.63) is 223 Å². The summed E-state index contributed by atoms with van der Waals surface area (Å²) in [6.45, 7) is 4.66. The Morgan fingerprint density at radius 1 is 0.270 bits per heavy atom. The summed E-state index contributed by atoms with van der Waals surface area (Å²) in [6, 6.07) is 73.9. The first-order valence-corrected chi connectivity index (χ1v) is 21.3. The molecule has 5 heteroatoms. The van der Waals surface area contributed by atoms with Crippen LogP contribution in [0.1, 0.15) is 25.0 Å². The van der Waals surface area contributed by atoms with Gasteiger partial charge in [0.2, 0.25) is 0 Å². The van der Waals surface area contributed by atoms with Crippen LogP contribution in [0.15, 0.2) is 212 Å². The first-order chi connectivity index (χ1) is 31.0. The van der Waals surface area contributed by atoms with E-state index in [0.717, 1.165) is 67.0 Å². The molecule has 1 aliphatic carbocycles. The Hall–Kier alpha value is -8.15. The summed E-state index contributed by atoms with van der Waals surface area (Å²) in [5.74, 6) is 2.63. The Morgan fingerprint density at radius 3 is 1.24 bits per heavy atom. The van der Waals surface area contributed by atoms with E-state index in [9.17, 15) is 0 Å². The van der Waals surface area contributed by atoms with Crippen molar-refractivity contribution in [3.63, 3.8) is 0 Å². The van der Waals surface area contributed by atoms with Crippen molar-refractivity contribution < 1.29 is 0 Å². The molecule has 298 valence electrons. The van der Waals surface area contributed by atoms with E-state index in [1.54, 1.807) is 0 Å². The van der Waals surface area contributed by atoms with Gasteiger partial charge < -0.3 is 0 Å². The molecule has 0 N–H and O–H groups in total. The zero-order valence-corrected chi connectivity index (χ0v) is 34.9. The van der Waals surface area contributed by atoms with E-state index in [-0.39, 0.29) is 5.41 Å². The number of fused-ring (bicyclic) bond motifs is 3. The molecule has 5 nitrogen and oxygen atoms in total. The van der Waals surface area contributed by atoms with Gasteiger partial charge >= 0.3 is 0 Å². The topological polar surface area (TPSA) is 64.5 Å². The molecule has 8 aromatic carbocycles. The van der Waals surface area contributed by atoms with Gasteiger partial charge in [0.15, 0.2) is 23.3 Å². The minimum absolute atomic E-state index is 0.200. The minimum atomic E-state index is -0.200. The predicted molar refractivity (Wildman–Crippen MR) is 256 cm³/mol. The van der Waals surface area contributed by atoms with Gasteiger partial charge in [-0.2, -0.15) is 0 Å². The highest BCUT2D eigenvalue weighted by atomic mass is 15.0. The molecule has 0 unspecified atom stereocenters. The molecule has 2 aromatic heterocycles. The average molecular weight is 808 g/mol. The standard InChI is InChI=1S/C58H41N5/c1-58(2)49-33-32-45(36-48(49)53-47(30-17-31-50(53)58)52-37-51(38-18-7-3-8-19-38)59-54(60-52)39-20-9-4-10-21-39)43-27-15-26-42(34-43)44-28-16-29-46(35-44)57-62-55(40-22-11-5-12-23-40)61-56(63-57)41-24-13-6-14-25-41/h3-37H,1-2H3. The fourth-order valence-electron chi connectivity index (χ4n) is 8.91. The van der Waals surface area contributed by atoms with Crippen molar-refractivity contribution in [2.45, 2.75) is 19.3 Å². The molecule has 2 heterocycles. The third-order valence-corrected chi connectivity index (χ3v) is 12.2. The van der Waals surface area contributed by atoms with Crippen LogP contribution in [-0.4, -0.2) is 24.9 Å². The third kappa shape index (κ3) is 7.09. The van der Waals surface area contributed by atoms with Gasteiger partial charge in [0, 0.05) is 38.8 Å². The number of rotatable bonds is 8. The predicted octanol–water partition coefficient (Wildman–Crippen LogP) is 14.3. The molecule has 1 aliphatic rings. The number of benzene rings is 8. The summed E-state index contributed by atoms with van der Waals surface area (Å²) in [6.07, 6.45) is 0. The number of hydrogen-bond donors (Lipinski definition) is 0. The first kappa shape index (κ1) is 37.8. The second-order valence-corrected chi connectivity index (χ2v) is 16.5. The van der Waals surface area contributed by atoms with Gasteiger partial charge in [-0.05, 0) is 68.8 Å². The molecule has 0 saturated carbocycles. The van der Waals surface area contributed by atoms with Crippen molar-refractivity contribution >= 4 is 0 Å². The van der Waals surface area contributed by atoms with Crippen molar-refractivity contribution in [1.29, 1.82) is 0 Å². The molecule has 0 fully saturated rings. The van der Waals surface area contributed by atoms with Crippen LogP contribution in [0.5, 0.6) is 0 Å². The average Bonchev–Trinajstić information content (AvgIpc) is 3.60. The van der Waals surface area contributed by atoms with Crippen LogP contribution < -0.4 is 0 Å². The molecular weight excluding hydrogens is 767 g/mol. The lowest BCUT2D eigenvalue weighted by Crippen LogP contribution is -2.14. The SMILES string of the molecule is CC1(C)c2ccc(-c3cccc(-c4cccc(-c5nc(-c6ccccc6)nc(-c6ccccc6)n5)c4)c3)cc2-c2c(-c3cc(-c4ccccc4)nc(-c4ccccc4)n3)cccc21. The lowest BCUT2D eigenvalue weighted by molar-refractivity contribution is 0.660. The Labute approximate surface area is 367 Å². The van der Waals surface area contributed by atoms with Gasteiger partial charge in [-0.1, -0.05) is 202 Å². The Morgan fingerprint density at radius 2 is 0.683 bits per heavy atom. The summed E-state index contributed by atoms with van der Waals surface area (Å²) < 4.78 is 0. The summed E-state index contributed by atoms with van der Waals surface area (Å²) >= 11 is 0. The van der Waals surface area contributed by atoms with Crippen LogP contribution in [0.25, 0.3) is 101 Å². The molecule has 0 saturated heterocycles. The second kappa shape index (κ2) is 15.7. The molecule has 0 aliphatic heterocycles.